The molecule has 1 aliphatic rings. The number of rotatable bonds is 10. The Hall–Kier alpha value is -2.38. The number of pyridine rings is 1. The minimum atomic E-state index is -0.730. The SMILES string of the molecule is CC(CCN1CCCCc2nc(C)c(C)cc21)=NOC[C@@H](O)COCc1ccco1. The smallest absolute Gasteiger partial charge is 0.145 e. The molecule has 0 saturated heterocycles. The van der Waals surface area contributed by atoms with Crippen molar-refractivity contribution in [2.45, 2.75) is 59.2 Å². The standard InChI is InChI=1S/C23H33N3O4/c1-17-13-23-22(24-19(17)3)8-4-5-10-26(23)11-9-18(2)25-30-15-20(27)14-28-16-21-7-6-12-29-21/h6-7,12-13,20,27H,4-5,8-11,14-16H2,1-3H3/t20-/m0/s1. The van der Waals surface area contributed by atoms with Crippen LogP contribution in [0.4, 0.5) is 5.69 Å². The summed E-state index contributed by atoms with van der Waals surface area (Å²) in [7, 11) is 0. The van der Waals surface area contributed by atoms with Gasteiger partial charge < -0.3 is 24.0 Å². The quantitative estimate of drug-likeness (QED) is 0.470. The van der Waals surface area contributed by atoms with Crippen molar-refractivity contribution >= 4 is 11.4 Å². The molecule has 30 heavy (non-hydrogen) atoms. The molecule has 7 heteroatoms. The van der Waals surface area contributed by atoms with Crippen LogP contribution >= 0.6 is 0 Å². The van der Waals surface area contributed by atoms with E-state index >= 15 is 0 Å². The Labute approximate surface area is 178 Å². The highest BCUT2D eigenvalue weighted by molar-refractivity contribution is 5.81. The first kappa shape index (κ1) is 22.3. The Morgan fingerprint density at radius 3 is 3.00 bits per heavy atom. The molecular weight excluding hydrogens is 382 g/mol. The van der Waals surface area contributed by atoms with Gasteiger partial charge in [0.2, 0.25) is 0 Å². The predicted molar refractivity (Wildman–Crippen MR) is 117 cm³/mol. The van der Waals surface area contributed by atoms with Crippen molar-refractivity contribution in [2.75, 3.05) is 31.2 Å². The fourth-order valence-corrected chi connectivity index (χ4v) is 3.46. The number of ether oxygens (including phenoxy) is 1. The van der Waals surface area contributed by atoms with Gasteiger partial charge in [0, 0.05) is 25.2 Å². The number of nitrogens with zero attached hydrogens (tertiary/aromatic N) is 3. The molecule has 0 fully saturated rings. The lowest BCUT2D eigenvalue weighted by molar-refractivity contribution is -0.0253. The van der Waals surface area contributed by atoms with Gasteiger partial charge in [0.25, 0.3) is 0 Å². The van der Waals surface area contributed by atoms with Gasteiger partial charge in [-0.1, -0.05) is 5.16 Å². The van der Waals surface area contributed by atoms with Gasteiger partial charge in [-0.3, -0.25) is 4.98 Å². The molecule has 2 aromatic rings. The number of aliphatic hydroxyl groups is 1. The number of furan rings is 1. The van der Waals surface area contributed by atoms with Crippen LogP contribution in [0.2, 0.25) is 0 Å². The fraction of sp³-hybridized carbons (Fsp3) is 0.565. The largest absolute Gasteiger partial charge is 0.467 e. The highest BCUT2D eigenvalue weighted by atomic mass is 16.6. The topological polar surface area (TPSA) is 80.3 Å². The molecule has 1 atom stereocenters. The Morgan fingerprint density at radius 1 is 1.33 bits per heavy atom. The molecule has 3 rings (SSSR count). The highest BCUT2D eigenvalue weighted by Gasteiger charge is 2.17. The maximum absolute atomic E-state index is 9.95. The number of anilines is 1. The average Bonchev–Trinajstić information content (AvgIpc) is 3.16. The van der Waals surface area contributed by atoms with Crippen LogP contribution in [0.5, 0.6) is 0 Å². The van der Waals surface area contributed by atoms with E-state index in [1.807, 2.05) is 13.0 Å². The second-order valence-corrected chi connectivity index (χ2v) is 7.92. The third kappa shape index (κ3) is 6.57. The monoisotopic (exact) mass is 415 g/mol. The fourth-order valence-electron chi connectivity index (χ4n) is 3.46. The summed E-state index contributed by atoms with van der Waals surface area (Å²) in [6, 6.07) is 5.90. The summed E-state index contributed by atoms with van der Waals surface area (Å²) >= 11 is 0. The molecule has 0 unspecified atom stereocenters. The van der Waals surface area contributed by atoms with Crippen molar-refractivity contribution in [1.82, 2.24) is 4.98 Å². The summed E-state index contributed by atoms with van der Waals surface area (Å²) in [5.41, 5.74) is 5.72. The first-order valence-corrected chi connectivity index (χ1v) is 10.7. The third-order valence-electron chi connectivity index (χ3n) is 5.32. The number of oxime groups is 1. The van der Waals surface area contributed by atoms with Crippen LogP contribution in [0.3, 0.4) is 0 Å². The summed E-state index contributed by atoms with van der Waals surface area (Å²) in [4.78, 5) is 12.6. The molecule has 0 spiro atoms. The van der Waals surface area contributed by atoms with Crippen molar-refractivity contribution in [3.05, 3.63) is 47.2 Å². The lowest BCUT2D eigenvalue weighted by Gasteiger charge is -2.25. The van der Waals surface area contributed by atoms with Crippen molar-refractivity contribution in [1.29, 1.82) is 0 Å². The van der Waals surface area contributed by atoms with Gasteiger partial charge in [0.05, 0.1) is 30.0 Å². The number of fused-ring (bicyclic) bond motifs is 1. The second kappa shape index (κ2) is 11.1. The number of hydrogen-bond acceptors (Lipinski definition) is 7. The summed E-state index contributed by atoms with van der Waals surface area (Å²) in [6.45, 7) is 8.68. The molecule has 1 aliphatic heterocycles. The van der Waals surface area contributed by atoms with Crippen molar-refractivity contribution < 1.29 is 19.1 Å². The molecule has 0 bridgehead atoms. The number of aryl methyl sites for hydroxylation is 3. The minimum absolute atomic E-state index is 0.102. The molecule has 0 radical (unpaired) electrons. The van der Waals surface area contributed by atoms with Gasteiger partial charge in [0.15, 0.2) is 0 Å². The Balaban J connectivity index is 1.42. The second-order valence-electron chi connectivity index (χ2n) is 7.92. The van der Waals surface area contributed by atoms with E-state index < -0.39 is 6.10 Å². The van der Waals surface area contributed by atoms with E-state index in [2.05, 4.69) is 30.0 Å². The maximum atomic E-state index is 9.95. The molecule has 3 heterocycles. The molecule has 0 aromatic carbocycles. The van der Waals surface area contributed by atoms with E-state index in [9.17, 15) is 5.11 Å². The van der Waals surface area contributed by atoms with E-state index in [1.165, 1.54) is 29.8 Å². The van der Waals surface area contributed by atoms with Crippen LogP contribution in [0.25, 0.3) is 0 Å². The number of aliphatic hydroxyl groups excluding tert-OH is 1. The number of hydrogen-bond donors (Lipinski definition) is 1. The molecule has 0 amide bonds. The van der Waals surface area contributed by atoms with Gasteiger partial charge in [-0.2, -0.15) is 0 Å². The molecule has 164 valence electrons. The summed E-state index contributed by atoms with van der Waals surface area (Å²) in [5.74, 6) is 0.729. The van der Waals surface area contributed by atoms with Gasteiger partial charge in [0.1, 0.15) is 25.1 Å². The third-order valence-corrected chi connectivity index (χ3v) is 5.32. The van der Waals surface area contributed by atoms with Crippen LogP contribution in [0, 0.1) is 13.8 Å². The van der Waals surface area contributed by atoms with Gasteiger partial charge in [-0.05, 0) is 63.8 Å². The molecule has 2 aromatic heterocycles. The molecule has 1 N–H and O–H groups in total. The van der Waals surface area contributed by atoms with E-state index in [0.717, 1.165) is 43.1 Å². The number of aromatic nitrogens is 1. The first-order chi connectivity index (χ1) is 14.5. The van der Waals surface area contributed by atoms with Crippen molar-refractivity contribution in [2.24, 2.45) is 5.16 Å². The van der Waals surface area contributed by atoms with Crippen LogP contribution in [-0.4, -0.2) is 48.2 Å². The van der Waals surface area contributed by atoms with E-state index in [0.29, 0.717) is 6.61 Å². The normalized spacial score (nSPS) is 15.6. The Bertz CT molecular complexity index is 820. The predicted octanol–water partition coefficient (Wildman–Crippen LogP) is 3.79. The molecule has 7 nitrogen and oxygen atoms in total. The van der Waals surface area contributed by atoms with Crippen LogP contribution in [0.1, 0.15) is 48.9 Å². The molecular formula is C23H33N3O4. The molecule has 0 aliphatic carbocycles. The Kier molecular flexibility index (Phi) is 8.28. The van der Waals surface area contributed by atoms with Crippen LogP contribution < -0.4 is 4.90 Å². The average molecular weight is 416 g/mol. The lowest BCUT2D eigenvalue weighted by Crippen LogP contribution is -2.27. The van der Waals surface area contributed by atoms with Gasteiger partial charge in [-0.15, -0.1) is 0 Å². The van der Waals surface area contributed by atoms with Gasteiger partial charge in [-0.25, -0.2) is 0 Å². The van der Waals surface area contributed by atoms with Crippen LogP contribution in [0.15, 0.2) is 34.0 Å². The maximum Gasteiger partial charge on any atom is 0.145 e. The zero-order chi connectivity index (χ0) is 21.3. The lowest BCUT2D eigenvalue weighted by atomic mass is 10.1. The minimum Gasteiger partial charge on any atom is -0.467 e. The van der Waals surface area contributed by atoms with E-state index in [4.69, 9.17) is 19.0 Å². The van der Waals surface area contributed by atoms with E-state index in [-0.39, 0.29) is 13.2 Å². The summed E-state index contributed by atoms with van der Waals surface area (Å²) in [5, 5.41) is 14.1. The first-order valence-electron chi connectivity index (χ1n) is 10.7. The highest BCUT2D eigenvalue weighted by Crippen LogP contribution is 2.27. The van der Waals surface area contributed by atoms with E-state index in [1.54, 1.807) is 12.3 Å². The summed E-state index contributed by atoms with van der Waals surface area (Å²) in [6.07, 6.45) is 5.06. The van der Waals surface area contributed by atoms with Crippen LogP contribution in [-0.2, 0) is 22.6 Å². The molecule has 0 saturated carbocycles. The van der Waals surface area contributed by atoms with Crippen molar-refractivity contribution in [3.8, 4) is 0 Å². The van der Waals surface area contributed by atoms with Crippen molar-refractivity contribution in [3.63, 3.8) is 0 Å². The summed E-state index contributed by atoms with van der Waals surface area (Å²) < 4.78 is 10.6. The zero-order valence-corrected chi connectivity index (χ0v) is 18.3. The Morgan fingerprint density at radius 2 is 2.20 bits per heavy atom. The zero-order valence-electron chi connectivity index (χ0n) is 18.3. The van der Waals surface area contributed by atoms with Gasteiger partial charge >= 0.3 is 0 Å².